The molecule has 1 heterocycles. The van der Waals surface area contributed by atoms with Crippen LogP contribution in [0.3, 0.4) is 0 Å². The largest absolute Gasteiger partial charge is 0.322 e. The number of amides is 1. The van der Waals surface area contributed by atoms with Gasteiger partial charge in [-0.3, -0.25) is 4.79 Å². The third-order valence-corrected chi connectivity index (χ3v) is 3.03. The Morgan fingerprint density at radius 2 is 1.95 bits per heavy atom. The van der Waals surface area contributed by atoms with Gasteiger partial charge in [-0.2, -0.15) is 5.10 Å². The van der Waals surface area contributed by atoms with E-state index in [9.17, 15) is 9.18 Å². The Bertz CT molecular complexity index is 710. The zero-order chi connectivity index (χ0) is 13.4. The van der Waals surface area contributed by atoms with Crippen LogP contribution in [-0.2, 0) is 4.79 Å². The van der Waals surface area contributed by atoms with Crippen molar-refractivity contribution in [1.29, 1.82) is 0 Å². The fourth-order valence-corrected chi connectivity index (χ4v) is 2.23. The number of rotatable bonds is 1. The Hall–Kier alpha value is -2.69. The van der Waals surface area contributed by atoms with Crippen molar-refractivity contribution in [1.82, 2.24) is 0 Å². The van der Waals surface area contributed by atoms with Gasteiger partial charge in [-0.1, -0.05) is 24.3 Å². The first kappa shape index (κ1) is 11.4. The molecule has 0 atom stereocenters. The van der Waals surface area contributed by atoms with Crippen LogP contribution in [0.5, 0.6) is 0 Å². The molecule has 3 N–H and O–H groups in total. The predicted molar refractivity (Wildman–Crippen MR) is 71.2 cm³/mol. The second kappa shape index (κ2) is 4.20. The van der Waals surface area contributed by atoms with Crippen LogP contribution in [0.15, 0.2) is 47.6 Å². The Morgan fingerprint density at radius 3 is 2.68 bits per heavy atom. The SMILES string of the molecule is N/N=C1\C(=O)Nc2cccc(-c3cccc(F)c3)c21. The van der Waals surface area contributed by atoms with Crippen molar-refractivity contribution in [3.63, 3.8) is 0 Å². The number of hydrazone groups is 1. The third kappa shape index (κ3) is 1.76. The molecule has 94 valence electrons. The number of fused-ring (bicyclic) bond motifs is 1. The predicted octanol–water partition coefficient (Wildman–Crippen LogP) is 2.11. The number of nitrogens with two attached hydrogens (primary N) is 1. The number of hydrogen-bond donors (Lipinski definition) is 2. The Balaban J connectivity index is 2.26. The molecule has 2 aromatic carbocycles. The van der Waals surface area contributed by atoms with Crippen LogP contribution in [0.4, 0.5) is 10.1 Å². The van der Waals surface area contributed by atoms with Crippen LogP contribution in [0, 0.1) is 5.82 Å². The number of carbonyl (C=O) groups excluding carboxylic acids is 1. The number of carbonyl (C=O) groups is 1. The summed E-state index contributed by atoms with van der Waals surface area (Å²) in [5.74, 6) is 4.59. The molecule has 0 radical (unpaired) electrons. The average molecular weight is 255 g/mol. The Kier molecular flexibility index (Phi) is 2.52. The maximum Gasteiger partial charge on any atom is 0.276 e. The van der Waals surface area contributed by atoms with E-state index in [2.05, 4.69) is 10.4 Å². The van der Waals surface area contributed by atoms with Crippen LogP contribution in [0.25, 0.3) is 11.1 Å². The molecule has 0 fully saturated rings. The van der Waals surface area contributed by atoms with Gasteiger partial charge >= 0.3 is 0 Å². The number of hydrogen-bond acceptors (Lipinski definition) is 3. The lowest BCUT2D eigenvalue weighted by Gasteiger charge is -2.07. The summed E-state index contributed by atoms with van der Waals surface area (Å²) in [5, 5.41) is 6.21. The third-order valence-electron chi connectivity index (χ3n) is 3.03. The number of halogens is 1. The summed E-state index contributed by atoms with van der Waals surface area (Å²) in [7, 11) is 0. The highest BCUT2D eigenvalue weighted by atomic mass is 19.1. The van der Waals surface area contributed by atoms with Crippen LogP contribution >= 0.6 is 0 Å². The minimum atomic E-state index is -0.346. The smallest absolute Gasteiger partial charge is 0.276 e. The van der Waals surface area contributed by atoms with E-state index < -0.39 is 0 Å². The van der Waals surface area contributed by atoms with Crippen molar-refractivity contribution in [2.75, 3.05) is 5.32 Å². The normalized spacial score (nSPS) is 15.4. The fraction of sp³-hybridized carbons (Fsp3) is 0. The number of benzene rings is 2. The summed E-state index contributed by atoms with van der Waals surface area (Å²) in [6.07, 6.45) is 0. The zero-order valence-electron chi connectivity index (χ0n) is 9.85. The van der Waals surface area contributed by atoms with Gasteiger partial charge in [0, 0.05) is 5.56 Å². The van der Waals surface area contributed by atoms with Crippen molar-refractivity contribution in [3.05, 3.63) is 53.8 Å². The molecule has 0 bridgehead atoms. The van der Waals surface area contributed by atoms with Crippen LogP contribution in [0.2, 0.25) is 0 Å². The van der Waals surface area contributed by atoms with Crippen molar-refractivity contribution >= 4 is 17.3 Å². The van der Waals surface area contributed by atoms with Gasteiger partial charge in [-0.25, -0.2) is 4.39 Å². The molecule has 0 saturated carbocycles. The van der Waals surface area contributed by atoms with Gasteiger partial charge in [-0.15, -0.1) is 0 Å². The van der Waals surface area contributed by atoms with E-state index in [0.717, 1.165) is 5.56 Å². The van der Waals surface area contributed by atoms with E-state index in [-0.39, 0.29) is 17.4 Å². The summed E-state index contributed by atoms with van der Waals surface area (Å²) in [6, 6.07) is 11.5. The maximum absolute atomic E-state index is 13.3. The van der Waals surface area contributed by atoms with E-state index in [1.54, 1.807) is 30.3 Å². The Morgan fingerprint density at radius 1 is 1.16 bits per heavy atom. The van der Waals surface area contributed by atoms with Crippen molar-refractivity contribution in [2.45, 2.75) is 0 Å². The topological polar surface area (TPSA) is 67.5 Å². The van der Waals surface area contributed by atoms with E-state index >= 15 is 0 Å². The van der Waals surface area contributed by atoms with Crippen LogP contribution < -0.4 is 11.2 Å². The average Bonchev–Trinajstić information content (AvgIpc) is 2.73. The van der Waals surface area contributed by atoms with Crippen LogP contribution in [0.1, 0.15) is 5.56 Å². The number of nitrogens with one attached hydrogen (secondary N) is 1. The van der Waals surface area contributed by atoms with Crippen molar-refractivity contribution in [2.24, 2.45) is 10.9 Å². The fourth-order valence-electron chi connectivity index (χ4n) is 2.23. The summed E-state index contributed by atoms with van der Waals surface area (Å²) in [6.45, 7) is 0. The highest BCUT2D eigenvalue weighted by Gasteiger charge is 2.28. The van der Waals surface area contributed by atoms with Gasteiger partial charge in [0.05, 0.1) is 5.69 Å². The van der Waals surface area contributed by atoms with Gasteiger partial charge in [-0.05, 0) is 29.3 Å². The molecular weight excluding hydrogens is 245 g/mol. The second-order valence-corrected chi connectivity index (χ2v) is 4.17. The monoisotopic (exact) mass is 255 g/mol. The summed E-state index contributed by atoms with van der Waals surface area (Å²) < 4.78 is 13.3. The quantitative estimate of drug-likeness (QED) is 0.605. The lowest BCUT2D eigenvalue weighted by molar-refractivity contribution is -0.110. The molecule has 1 aliphatic rings. The van der Waals surface area contributed by atoms with Gasteiger partial charge < -0.3 is 11.2 Å². The first-order valence-electron chi connectivity index (χ1n) is 5.69. The maximum atomic E-state index is 13.3. The van der Waals surface area contributed by atoms with Crippen LogP contribution in [-0.4, -0.2) is 11.6 Å². The standard InChI is InChI=1S/C14H10FN3O/c15-9-4-1-3-8(7-9)10-5-2-6-11-12(10)13(18-16)14(19)17-11/h1-7H,16H2,(H,17,18,19). The first-order valence-corrected chi connectivity index (χ1v) is 5.69. The number of anilines is 1. The first-order chi connectivity index (χ1) is 9.20. The highest BCUT2D eigenvalue weighted by molar-refractivity contribution is 6.54. The molecule has 1 amide bonds. The van der Waals surface area contributed by atoms with E-state index in [1.165, 1.54) is 12.1 Å². The minimum Gasteiger partial charge on any atom is -0.322 e. The summed E-state index contributed by atoms with van der Waals surface area (Å²) in [5.41, 5.74) is 2.81. The second-order valence-electron chi connectivity index (χ2n) is 4.17. The zero-order valence-corrected chi connectivity index (χ0v) is 9.85. The molecule has 4 nitrogen and oxygen atoms in total. The van der Waals surface area contributed by atoms with Gasteiger partial charge in [0.15, 0.2) is 5.71 Å². The van der Waals surface area contributed by atoms with Gasteiger partial charge in [0.2, 0.25) is 0 Å². The van der Waals surface area contributed by atoms with E-state index in [0.29, 0.717) is 16.8 Å². The van der Waals surface area contributed by atoms with Crippen molar-refractivity contribution < 1.29 is 9.18 Å². The molecule has 3 rings (SSSR count). The molecule has 0 saturated heterocycles. The van der Waals surface area contributed by atoms with Gasteiger partial charge in [0.1, 0.15) is 5.82 Å². The molecule has 0 aliphatic carbocycles. The summed E-state index contributed by atoms with van der Waals surface area (Å²) >= 11 is 0. The van der Waals surface area contributed by atoms with Crippen molar-refractivity contribution in [3.8, 4) is 11.1 Å². The van der Waals surface area contributed by atoms with E-state index in [4.69, 9.17) is 5.84 Å². The lowest BCUT2D eigenvalue weighted by atomic mass is 9.97. The summed E-state index contributed by atoms with van der Waals surface area (Å²) in [4.78, 5) is 11.7. The molecule has 5 heteroatoms. The molecule has 19 heavy (non-hydrogen) atoms. The highest BCUT2D eigenvalue weighted by Crippen LogP contribution is 2.33. The lowest BCUT2D eigenvalue weighted by Crippen LogP contribution is -2.16. The molecule has 2 aromatic rings. The minimum absolute atomic E-state index is 0.162. The number of nitrogens with zero attached hydrogens (tertiary/aromatic N) is 1. The van der Waals surface area contributed by atoms with Gasteiger partial charge in [0.25, 0.3) is 5.91 Å². The molecule has 0 unspecified atom stereocenters. The molecule has 0 spiro atoms. The Labute approximate surface area is 108 Å². The van der Waals surface area contributed by atoms with E-state index in [1.807, 2.05) is 0 Å². The molecular formula is C14H10FN3O. The molecule has 1 aliphatic heterocycles. The molecule has 0 aromatic heterocycles.